The lowest BCUT2D eigenvalue weighted by Crippen LogP contribution is -2.11. The van der Waals surface area contributed by atoms with Gasteiger partial charge in [-0.25, -0.2) is 4.98 Å². The van der Waals surface area contributed by atoms with E-state index in [0.717, 1.165) is 35.1 Å². The zero-order valence-electron chi connectivity index (χ0n) is 20.2. The van der Waals surface area contributed by atoms with E-state index in [2.05, 4.69) is 44.5 Å². The Morgan fingerprint density at radius 3 is 2.81 bits per heavy atom. The van der Waals surface area contributed by atoms with Gasteiger partial charge in [0.2, 0.25) is 5.43 Å². The Labute approximate surface area is 217 Å². The highest BCUT2D eigenvalue weighted by molar-refractivity contribution is 7.71. The van der Waals surface area contributed by atoms with Crippen LogP contribution in [0.1, 0.15) is 17.5 Å². The molecular formula is C29H25N5O2S. The summed E-state index contributed by atoms with van der Waals surface area (Å²) in [4.78, 5) is 24.5. The fourth-order valence-electron chi connectivity index (χ4n) is 4.69. The van der Waals surface area contributed by atoms with Crippen molar-refractivity contribution in [2.45, 2.75) is 19.8 Å². The summed E-state index contributed by atoms with van der Waals surface area (Å²) in [6, 6.07) is 21.9. The third kappa shape index (κ3) is 4.36. The molecule has 8 heteroatoms. The van der Waals surface area contributed by atoms with Crippen molar-refractivity contribution in [3.8, 4) is 16.9 Å². The van der Waals surface area contributed by atoms with Gasteiger partial charge in [0.1, 0.15) is 23.4 Å². The molecule has 3 aromatic heterocycles. The topological polar surface area (TPSA) is 91.6 Å². The smallest absolute Gasteiger partial charge is 0.202 e. The SMILES string of the molecule is Cc1ccc2occ(-c3c(NCCCc4ccccc4)[nH]c(=S)n3-c3ccc4nc[nH]c4c3)c(=O)c2c1. The number of nitrogens with zero attached hydrogens (tertiary/aromatic N) is 2. The predicted molar refractivity (Wildman–Crippen MR) is 150 cm³/mol. The molecule has 0 saturated heterocycles. The number of anilines is 1. The Morgan fingerprint density at radius 1 is 1.08 bits per heavy atom. The van der Waals surface area contributed by atoms with Crippen LogP contribution < -0.4 is 10.7 Å². The summed E-state index contributed by atoms with van der Waals surface area (Å²) in [6.07, 6.45) is 5.05. The number of hydrogen-bond donors (Lipinski definition) is 3. The number of imidazole rings is 2. The molecule has 0 atom stereocenters. The summed E-state index contributed by atoms with van der Waals surface area (Å²) in [7, 11) is 0. The maximum atomic E-state index is 13.7. The maximum Gasteiger partial charge on any atom is 0.202 e. The van der Waals surface area contributed by atoms with E-state index in [4.69, 9.17) is 16.6 Å². The van der Waals surface area contributed by atoms with Crippen LogP contribution >= 0.6 is 12.2 Å². The van der Waals surface area contributed by atoms with Gasteiger partial charge in [-0.3, -0.25) is 9.36 Å². The normalized spacial score (nSPS) is 11.4. The van der Waals surface area contributed by atoms with Gasteiger partial charge in [0.25, 0.3) is 0 Å². The molecule has 0 unspecified atom stereocenters. The van der Waals surface area contributed by atoms with E-state index in [-0.39, 0.29) is 5.43 Å². The van der Waals surface area contributed by atoms with Crippen molar-refractivity contribution in [2.75, 3.05) is 11.9 Å². The van der Waals surface area contributed by atoms with E-state index in [1.807, 2.05) is 54.0 Å². The van der Waals surface area contributed by atoms with Crippen LogP contribution in [0.25, 0.3) is 38.9 Å². The number of hydrogen-bond acceptors (Lipinski definition) is 5. The second kappa shape index (κ2) is 9.55. The van der Waals surface area contributed by atoms with Gasteiger partial charge in [0.05, 0.1) is 34.0 Å². The quantitative estimate of drug-likeness (QED) is 0.169. The minimum atomic E-state index is -0.109. The van der Waals surface area contributed by atoms with Gasteiger partial charge in [-0.1, -0.05) is 42.0 Å². The van der Waals surface area contributed by atoms with Crippen molar-refractivity contribution in [1.29, 1.82) is 0 Å². The first kappa shape index (κ1) is 23.0. The summed E-state index contributed by atoms with van der Waals surface area (Å²) >= 11 is 5.77. The van der Waals surface area contributed by atoms with Gasteiger partial charge < -0.3 is 19.7 Å². The number of benzene rings is 3. The van der Waals surface area contributed by atoms with Crippen LogP contribution in [-0.4, -0.2) is 26.1 Å². The number of rotatable bonds is 7. The number of H-pyrrole nitrogens is 2. The average molecular weight is 508 g/mol. The number of fused-ring (bicyclic) bond motifs is 2. The van der Waals surface area contributed by atoms with Gasteiger partial charge in [-0.2, -0.15) is 0 Å². The number of aryl methyl sites for hydroxylation is 2. The lowest BCUT2D eigenvalue weighted by Gasteiger charge is -2.12. The van der Waals surface area contributed by atoms with Crippen LogP contribution in [0.3, 0.4) is 0 Å². The lowest BCUT2D eigenvalue weighted by atomic mass is 10.1. The van der Waals surface area contributed by atoms with Crippen molar-refractivity contribution in [1.82, 2.24) is 19.5 Å². The molecule has 0 aliphatic carbocycles. The standard InChI is InChI=1S/C29H25N5O2S/c1-18-9-12-25-21(14-18)27(35)22(16-36-25)26-28(30-13-5-8-19-6-3-2-4-7-19)33-29(37)34(26)20-10-11-23-24(15-20)32-17-31-23/h2-4,6-7,9-12,14-17,30H,5,8,13H2,1H3,(H,31,32)(H,33,37). The van der Waals surface area contributed by atoms with E-state index < -0.39 is 0 Å². The third-order valence-corrected chi connectivity index (χ3v) is 6.81. The second-order valence-corrected chi connectivity index (χ2v) is 9.47. The third-order valence-electron chi connectivity index (χ3n) is 6.53. The van der Waals surface area contributed by atoms with Crippen LogP contribution in [0.5, 0.6) is 0 Å². The molecule has 0 amide bonds. The first-order valence-electron chi connectivity index (χ1n) is 12.2. The van der Waals surface area contributed by atoms with E-state index in [0.29, 0.717) is 39.4 Å². The zero-order valence-corrected chi connectivity index (χ0v) is 21.1. The van der Waals surface area contributed by atoms with Crippen molar-refractivity contribution < 1.29 is 4.42 Å². The monoisotopic (exact) mass is 507 g/mol. The molecule has 6 aromatic rings. The summed E-state index contributed by atoms with van der Waals surface area (Å²) in [6.45, 7) is 2.66. The summed E-state index contributed by atoms with van der Waals surface area (Å²) in [5.74, 6) is 0.682. The Balaban J connectivity index is 1.45. The highest BCUT2D eigenvalue weighted by Crippen LogP contribution is 2.31. The summed E-state index contributed by atoms with van der Waals surface area (Å²) < 4.78 is 8.28. The van der Waals surface area contributed by atoms with Crippen LogP contribution in [0, 0.1) is 11.7 Å². The summed E-state index contributed by atoms with van der Waals surface area (Å²) in [5.41, 5.74) is 6.34. The highest BCUT2D eigenvalue weighted by atomic mass is 32.1. The fraction of sp³-hybridized carbons (Fsp3) is 0.138. The number of nitrogens with one attached hydrogen (secondary N) is 3. The molecule has 3 N–H and O–H groups in total. The molecule has 6 rings (SSSR count). The summed E-state index contributed by atoms with van der Waals surface area (Å²) in [5, 5.41) is 4.03. The molecule has 0 bridgehead atoms. The van der Waals surface area contributed by atoms with E-state index >= 15 is 0 Å². The van der Waals surface area contributed by atoms with E-state index in [9.17, 15) is 4.79 Å². The van der Waals surface area contributed by atoms with Gasteiger partial charge in [-0.15, -0.1) is 0 Å². The van der Waals surface area contributed by atoms with Gasteiger partial charge in [0, 0.05) is 6.54 Å². The highest BCUT2D eigenvalue weighted by Gasteiger charge is 2.21. The van der Waals surface area contributed by atoms with Crippen molar-refractivity contribution in [3.63, 3.8) is 0 Å². The van der Waals surface area contributed by atoms with Gasteiger partial charge >= 0.3 is 0 Å². The van der Waals surface area contributed by atoms with Crippen molar-refractivity contribution >= 4 is 40.0 Å². The first-order valence-corrected chi connectivity index (χ1v) is 12.6. The van der Waals surface area contributed by atoms with Gasteiger partial charge in [-0.05, 0) is 67.9 Å². The largest absolute Gasteiger partial charge is 0.463 e. The zero-order chi connectivity index (χ0) is 25.4. The molecule has 37 heavy (non-hydrogen) atoms. The van der Waals surface area contributed by atoms with E-state index in [1.165, 1.54) is 11.8 Å². The Kier molecular flexibility index (Phi) is 5.94. The molecule has 0 aliphatic rings. The Hall–Kier alpha value is -4.43. The Morgan fingerprint density at radius 2 is 1.95 bits per heavy atom. The van der Waals surface area contributed by atoms with Crippen LogP contribution in [0.2, 0.25) is 0 Å². The maximum absolute atomic E-state index is 13.7. The van der Waals surface area contributed by atoms with Crippen molar-refractivity contribution in [2.24, 2.45) is 0 Å². The molecule has 0 fully saturated rings. The molecule has 184 valence electrons. The van der Waals surface area contributed by atoms with Crippen molar-refractivity contribution in [3.05, 3.63) is 105 Å². The molecule has 7 nitrogen and oxygen atoms in total. The van der Waals surface area contributed by atoms with Crippen LogP contribution in [-0.2, 0) is 6.42 Å². The molecule has 0 aliphatic heterocycles. The minimum absolute atomic E-state index is 0.109. The predicted octanol–water partition coefficient (Wildman–Crippen LogP) is 6.54. The lowest BCUT2D eigenvalue weighted by molar-refractivity contribution is 0.604. The fourth-order valence-corrected chi connectivity index (χ4v) is 4.99. The molecular weight excluding hydrogens is 482 g/mol. The average Bonchev–Trinajstić information content (AvgIpc) is 3.51. The second-order valence-electron chi connectivity index (χ2n) is 9.09. The molecule has 3 heterocycles. The number of aromatic amines is 2. The molecule has 3 aromatic carbocycles. The van der Waals surface area contributed by atoms with Gasteiger partial charge in [0.15, 0.2) is 4.77 Å². The molecule has 0 spiro atoms. The molecule has 0 radical (unpaired) electrons. The van der Waals surface area contributed by atoms with E-state index in [1.54, 1.807) is 6.33 Å². The number of aromatic nitrogens is 4. The minimum Gasteiger partial charge on any atom is -0.463 e. The van der Waals surface area contributed by atoms with Crippen LogP contribution in [0.15, 0.2) is 88.5 Å². The van der Waals surface area contributed by atoms with Crippen LogP contribution in [0.4, 0.5) is 5.82 Å². The first-order chi connectivity index (χ1) is 18.1. The molecule has 0 saturated carbocycles. The Bertz CT molecular complexity index is 1850.